The zero-order chi connectivity index (χ0) is 39.1. The van der Waals surface area contributed by atoms with Gasteiger partial charge in [-0.25, -0.2) is 0 Å². The molecular formula is C44H40Cl2N2O5Ti. The van der Waals surface area contributed by atoms with Crippen molar-refractivity contribution in [2.45, 2.75) is 41.5 Å². The fourth-order valence-corrected chi connectivity index (χ4v) is 4.98. The molecular weight excluding hydrogens is 755 g/mol. The first-order valence-electron chi connectivity index (χ1n) is 16.5. The molecule has 0 unspecified atom stereocenters. The van der Waals surface area contributed by atoms with E-state index in [9.17, 15) is 25.5 Å². The van der Waals surface area contributed by atoms with E-state index in [0.29, 0.717) is 28.3 Å². The first-order chi connectivity index (χ1) is 25.2. The molecule has 6 aromatic carbocycles. The minimum absolute atomic E-state index is 0. The number of benzene rings is 6. The van der Waals surface area contributed by atoms with Crippen LogP contribution in [-0.4, -0.2) is 17.5 Å². The number of aromatic hydroxyl groups is 1. The Morgan fingerprint density at radius 2 is 0.722 bits per heavy atom. The Hall–Kier alpha value is -5.05. The van der Waals surface area contributed by atoms with Gasteiger partial charge in [0.1, 0.15) is 5.75 Å². The van der Waals surface area contributed by atoms with E-state index in [4.69, 9.17) is 23.2 Å². The number of phenols is 1. The van der Waals surface area contributed by atoms with Crippen LogP contribution in [0.2, 0.25) is 10.0 Å². The van der Waals surface area contributed by atoms with Crippen LogP contribution in [-0.2, 0) is 21.7 Å². The molecule has 10 heteroatoms. The van der Waals surface area contributed by atoms with Gasteiger partial charge in [0.25, 0.3) is 0 Å². The number of phenolic OH excluding ortho intramolecular Hbond substituents is 1. The van der Waals surface area contributed by atoms with E-state index < -0.39 is 0 Å². The molecule has 274 valence electrons. The molecule has 0 radical (unpaired) electrons. The van der Waals surface area contributed by atoms with Crippen molar-refractivity contribution < 1.29 is 47.3 Å². The monoisotopic (exact) mass is 794 g/mol. The van der Waals surface area contributed by atoms with Gasteiger partial charge in [-0.3, -0.25) is 9.98 Å². The molecule has 0 aliphatic rings. The largest absolute Gasteiger partial charge is 4.00 e. The molecule has 0 fully saturated rings. The predicted octanol–water partition coefficient (Wildman–Crippen LogP) is 9.40. The molecule has 1 N–H and O–H groups in total. The fourth-order valence-electron chi connectivity index (χ4n) is 4.62. The second-order valence-corrected chi connectivity index (χ2v) is 12.8. The second-order valence-electron chi connectivity index (χ2n) is 12.0. The summed E-state index contributed by atoms with van der Waals surface area (Å²) in [5.41, 5.74) is 7.07. The maximum atomic E-state index is 12.0. The topological polar surface area (TPSA) is 137 Å². The van der Waals surface area contributed by atoms with Gasteiger partial charge in [0, 0.05) is 22.5 Å². The standard InChI is InChI=1S/C20H14Cl2N2O2.3C8H10O.Ti/c21-15-7-3-5-13(19(15)25)11-23-17-9-1-2-10-18(17)24-12-14-6-4-8-16(22)20(14)26;3*1-6-4-3-5-7(2)8(6)9;/h1-12,25-26H;3*3-5,9H,1-2H3;/q;;;;+4/p-4. The minimum Gasteiger partial charge on any atom is -0.872 e. The van der Waals surface area contributed by atoms with Crippen LogP contribution in [0.15, 0.2) is 125 Å². The number of aryl methyl sites for hydroxylation is 6. The van der Waals surface area contributed by atoms with Crippen molar-refractivity contribution in [1.29, 1.82) is 0 Å². The van der Waals surface area contributed by atoms with Crippen molar-refractivity contribution in [2.24, 2.45) is 9.98 Å². The summed E-state index contributed by atoms with van der Waals surface area (Å²) in [6.45, 7) is 11.1. The van der Waals surface area contributed by atoms with Crippen LogP contribution >= 0.6 is 23.2 Å². The molecule has 6 aromatic rings. The van der Waals surface area contributed by atoms with Crippen LogP contribution in [0.1, 0.15) is 44.5 Å². The molecule has 0 bridgehead atoms. The third-order valence-corrected chi connectivity index (χ3v) is 8.41. The zero-order valence-electron chi connectivity index (χ0n) is 30.9. The Morgan fingerprint density at radius 3 is 1.02 bits per heavy atom. The molecule has 0 amide bonds. The van der Waals surface area contributed by atoms with Gasteiger partial charge >= 0.3 is 21.7 Å². The molecule has 0 aliphatic heterocycles. The number of rotatable bonds is 4. The maximum Gasteiger partial charge on any atom is 4.00 e. The summed E-state index contributed by atoms with van der Waals surface area (Å²) in [4.78, 5) is 8.66. The Kier molecular flexibility index (Phi) is 18.6. The molecule has 0 aliphatic carbocycles. The first kappa shape index (κ1) is 45.1. The van der Waals surface area contributed by atoms with Crippen LogP contribution in [0.4, 0.5) is 11.4 Å². The molecule has 0 spiro atoms. The van der Waals surface area contributed by atoms with Gasteiger partial charge in [-0.05, 0) is 88.1 Å². The molecule has 54 heavy (non-hydrogen) atoms. The second kappa shape index (κ2) is 22.2. The summed E-state index contributed by atoms with van der Waals surface area (Å²) in [5.74, 6) is 0.176. The summed E-state index contributed by atoms with van der Waals surface area (Å²) in [6.07, 6.45) is 2.89. The predicted molar refractivity (Wildman–Crippen MR) is 211 cm³/mol. The average Bonchev–Trinajstić information content (AvgIpc) is 3.14. The Labute approximate surface area is 342 Å². The van der Waals surface area contributed by atoms with E-state index >= 15 is 0 Å². The van der Waals surface area contributed by atoms with E-state index in [-0.39, 0.29) is 54.8 Å². The molecule has 7 nitrogen and oxygen atoms in total. The van der Waals surface area contributed by atoms with E-state index in [1.807, 2.05) is 96.1 Å². The SMILES string of the molecule is Cc1cccc(C)c1O.Cc1cccc(C)c1[O-].Cc1cccc(C)c1[O-].[O-]c1c(Cl)cccc1C=Nc1ccccc1N=Cc1cccc(Cl)c1[O-].[Ti+4]. The summed E-state index contributed by atoms with van der Waals surface area (Å²) in [6, 6.07) is 33.7. The van der Waals surface area contributed by atoms with Crippen molar-refractivity contribution in [3.63, 3.8) is 0 Å². The molecule has 0 atom stereocenters. The van der Waals surface area contributed by atoms with Crippen molar-refractivity contribution in [3.8, 4) is 28.7 Å². The first-order valence-corrected chi connectivity index (χ1v) is 17.3. The molecule has 0 saturated carbocycles. The normalized spacial score (nSPS) is 10.3. The van der Waals surface area contributed by atoms with Crippen LogP contribution in [0, 0.1) is 41.5 Å². The molecule has 6 rings (SSSR count). The molecule has 0 aromatic heterocycles. The number of nitrogens with zero attached hydrogens (tertiary/aromatic N) is 2. The number of hydrogen-bond acceptors (Lipinski definition) is 7. The van der Waals surface area contributed by atoms with Gasteiger partial charge in [-0.2, -0.15) is 0 Å². The van der Waals surface area contributed by atoms with E-state index in [2.05, 4.69) is 9.98 Å². The smallest absolute Gasteiger partial charge is 0.872 e. The van der Waals surface area contributed by atoms with E-state index in [0.717, 1.165) is 33.4 Å². The molecule has 0 saturated heterocycles. The van der Waals surface area contributed by atoms with Crippen LogP contribution in [0.25, 0.3) is 0 Å². The van der Waals surface area contributed by atoms with Gasteiger partial charge in [0.05, 0.1) is 11.4 Å². The van der Waals surface area contributed by atoms with Gasteiger partial charge in [0.2, 0.25) is 0 Å². The third-order valence-electron chi connectivity index (χ3n) is 7.82. The van der Waals surface area contributed by atoms with Crippen LogP contribution < -0.4 is 20.4 Å². The van der Waals surface area contributed by atoms with Gasteiger partial charge in [0.15, 0.2) is 0 Å². The minimum atomic E-state index is -0.283. The Balaban J connectivity index is 0.000000293. The number of aliphatic imine (C=N–C) groups is 2. The van der Waals surface area contributed by atoms with Crippen LogP contribution in [0.3, 0.4) is 0 Å². The van der Waals surface area contributed by atoms with Crippen molar-refractivity contribution >= 4 is 47.0 Å². The fraction of sp³-hybridized carbons (Fsp3) is 0.136. The van der Waals surface area contributed by atoms with Crippen molar-refractivity contribution in [3.05, 3.63) is 170 Å². The quantitative estimate of drug-likeness (QED) is 0.140. The van der Waals surface area contributed by atoms with Crippen molar-refractivity contribution in [2.75, 3.05) is 0 Å². The number of halogens is 2. The zero-order valence-corrected chi connectivity index (χ0v) is 33.9. The maximum absolute atomic E-state index is 12.0. The Morgan fingerprint density at radius 1 is 0.426 bits per heavy atom. The summed E-state index contributed by atoms with van der Waals surface area (Å²) < 4.78 is 0. The summed E-state index contributed by atoms with van der Waals surface area (Å²) >= 11 is 11.7. The van der Waals surface area contributed by atoms with E-state index in [1.165, 1.54) is 24.6 Å². The molecule has 0 heterocycles. The van der Waals surface area contributed by atoms with Gasteiger partial charge in [-0.1, -0.05) is 148 Å². The third kappa shape index (κ3) is 13.4. The van der Waals surface area contributed by atoms with Gasteiger partial charge < -0.3 is 25.5 Å². The average molecular weight is 796 g/mol. The summed E-state index contributed by atoms with van der Waals surface area (Å²) in [5, 5.41) is 55.3. The van der Waals surface area contributed by atoms with Crippen LogP contribution in [0.5, 0.6) is 28.7 Å². The number of para-hydroxylation sites is 7. The number of hydrogen-bond donors (Lipinski definition) is 1. The van der Waals surface area contributed by atoms with Gasteiger partial charge in [-0.15, -0.1) is 11.5 Å². The summed E-state index contributed by atoms with van der Waals surface area (Å²) in [7, 11) is 0. The van der Waals surface area contributed by atoms with Crippen molar-refractivity contribution in [1.82, 2.24) is 0 Å². The van der Waals surface area contributed by atoms with E-state index in [1.54, 1.807) is 48.5 Å². The Bertz CT molecular complexity index is 1950.